The number of benzene rings is 1. The van der Waals surface area contributed by atoms with Gasteiger partial charge in [-0.1, -0.05) is 31.2 Å². The standard InChI is InChI=1S/C14H18N2O/c1-2-12-3-5-13(6-4-12)10-16-7-8-17-14(9-15)11-16/h3-6,14H,2,7-8,10-11H2,1H3. The molecule has 17 heavy (non-hydrogen) atoms. The van der Waals surface area contributed by atoms with E-state index in [1.807, 2.05) is 0 Å². The maximum atomic E-state index is 8.84. The third-order valence-corrected chi connectivity index (χ3v) is 3.13. The summed E-state index contributed by atoms with van der Waals surface area (Å²) in [6.07, 6.45) is 0.813. The zero-order chi connectivity index (χ0) is 12.1. The SMILES string of the molecule is CCc1ccc(CN2CCOC(C#N)C2)cc1. The van der Waals surface area contributed by atoms with Gasteiger partial charge >= 0.3 is 0 Å². The van der Waals surface area contributed by atoms with Crippen LogP contribution in [-0.2, 0) is 17.7 Å². The molecule has 0 bridgehead atoms. The Balaban J connectivity index is 1.93. The lowest BCUT2D eigenvalue weighted by atomic mass is 10.1. The molecule has 1 heterocycles. The molecule has 0 saturated carbocycles. The van der Waals surface area contributed by atoms with Gasteiger partial charge in [0.15, 0.2) is 6.10 Å². The number of ether oxygens (including phenoxy) is 1. The van der Waals surface area contributed by atoms with E-state index in [9.17, 15) is 0 Å². The maximum absolute atomic E-state index is 8.84. The Hall–Kier alpha value is -1.37. The number of morpholine rings is 1. The summed E-state index contributed by atoms with van der Waals surface area (Å²) in [7, 11) is 0. The van der Waals surface area contributed by atoms with E-state index >= 15 is 0 Å². The minimum atomic E-state index is -0.265. The fourth-order valence-electron chi connectivity index (χ4n) is 2.06. The van der Waals surface area contributed by atoms with Crippen molar-refractivity contribution in [3.8, 4) is 6.07 Å². The molecular formula is C14H18N2O. The molecule has 1 aromatic rings. The topological polar surface area (TPSA) is 36.3 Å². The summed E-state index contributed by atoms with van der Waals surface area (Å²) < 4.78 is 5.33. The first-order valence-electron chi connectivity index (χ1n) is 6.13. The number of aryl methyl sites for hydroxylation is 1. The van der Waals surface area contributed by atoms with E-state index in [2.05, 4.69) is 42.2 Å². The van der Waals surface area contributed by atoms with Crippen molar-refractivity contribution in [3.63, 3.8) is 0 Å². The number of rotatable bonds is 3. The molecule has 3 nitrogen and oxygen atoms in total. The van der Waals surface area contributed by atoms with E-state index in [0.29, 0.717) is 13.2 Å². The third-order valence-electron chi connectivity index (χ3n) is 3.13. The summed E-state index contributed by atoms with van der Waals surface area (Å²) in [4.78, 5) is 2.28. The highest BCUT2D eigenvalue weighted by atomic mass is 16.5. The summed E-state index contributed by atoms with van der Waals surface area (Å²) in [6, 6.07) is 10.9. The van der Waals surface area contributed by atoms with Crippen LogP contribution in [0.15, 0.2) is 24.3 Å². The molecule has 0 radical (unpaired) electrons. The first-order chi connectivity index (χ1) is 8.31. The van der Waals surface area contributed by atoms with E-state index in [1.54, 1.807) is 0 Å². The van der Waals surface area contributed by atoms with Crippen LogP contribution in [0.25, 0.3) is 0 Å². The second-order valence-corrected chi connectivity index (χ2v) is 4.39. The smallest absolute Gasteiger partial charge is 0.156 e. The Morgan fingerprint density at radius 2 is 2.06 bits per heavy atom. The van der Waals surface area contributed by atoms with Crippen molar-refractivity contribution in [2.75, 3.05) is 19.7 Å². The molecule has 3 heteroatoms. The van der Waals surface area contributed by atoms with E-state index in [1.165, 1.54) is 11.1 Å². The molecule has 0 aliphatic carbocycles. The molecule has 0 amide bonds. The van der Waals surface area contributed by atoms with Gasteiger partial charge in [0.05, 0.1) is 12.7 Å². The summed E-state index contributed by atoms with van der Waals surface area (Å²) in [5.74, 6) is 0. The fourth-order valence-corrected chi connectivity index (χ4v) is 2.06. The van der Waals surface area contributed by atoms with Crippen molar-refractivity contribution < 1.29 is 4.74 Å². The Morgan fingerprint density at radius 3 is 2.71 bits per heavy atom. The van der Waals surface area contributed by atoms with Crippen LogP contribution in [0, 0.1) is 11.3 Å². The molecule has 90 valence electrons. The van der Waals surface area contributed by atoms with Crippen molar-refractivity contribution in [3.05, 3.63) is 35.4 Å². The highest BCUT2D eigenvalue weighted by Crippen LogP contribution is 2.11. The Morgan fingerprint density at radius 1 is 1.35 bits per heavy atom. The van der Waals surface area contributed by atoms with Crippen LogP contribution < -0.4 is 0 Å². The highest BCUT2D eigenvalue weighted by Gasteiger charge is 2.19. The number of hydrogen-bond donors (Lipinski definition) is 0. The van der Waals surface area contributed by atoms with E-state index in [0.717, 1.165) is 19.5 Å². The molecule has 1 unspecified atom stereocenters. The van der Waals surface area contributed by atoms with Crippen LogP contribution in [0.1, 0.15) is 18.1 Å². The van der Waals surface area contributed by atoms with Gasteiger partial charge in [-0.15, -0.1) is 0 Å². The highest BCUT2D eigenvalue weighted by molar-refractivity contribution is 5.22. The van der Waals surface area contributed by atoms with Gasteiger partial charge in [-0.25, -0.2) is 0 Å². The number of hydrogen-bond acceptors (Lipinski definition) is 3. The molecule has 1 aliphatic heterocycles. The molecule has 0 aromatic heterocycles. The average molecular weight is 230 g/mol. The average Bonchev–Trinajstić information content (AvgIpc) is 2.40. The summed E-state index contributed by atoms with van der Waals surface area (Å²) in [5, 5.41) is 8.84. The van der Waals surface area contributed by atoms with Gasteiger partial charge in [0.1, 0.15) is 0 Å². The van der Waals surface area contributed by atoms with Crippen LogP contribution in [0.4, 0.5) is 0 Å². The van der Waals surface area contributed by atoms with Gasteiger partial charge in [0.25, 0.3) is 0 Å². The van der Waals surface area contributed by atoms with Crippen LogP contribution >= 0.6 is 0 Å². The molecule has 1 fully saturated rings. The molecule has 1 aliphatic rings. The second-order valence-electron chi connectivity index (χ2n) is 4.39. The monoisotopic (exact) mass is 230 g/mol. The minimum absolute atomic E-state index is 0.265. The minimum Gasteiger partial charge on any atom is -0.361 e. The summed E-state index contributed by atoms with van der Waals surface area (Å²) in [6.45, 7) is 5.35. The molecule has 0 N–H and O–H groups in total. The molecule has 1 atom stereocenters. The quantitative estimate of drug-likeness (QED) is 0.796. The Kier molecular flexibility index (Phi) is 4.13. The fraction of sp³-hybridized carbons (Fsp3) is 0.500. The van der Waals surface area contributed by atoms with E-state index < -0.39 is 0 Å². The van der Waals surface area contributed by atoms with E-state index in [4.69, 9.17) is 10.00 Å². The lowest BCUT2D eigenvalue weighted by Crippen LogP contribution is -2.41. The molecule has 1 aromatic carbocycles. The van der Waals surface area contributed by atoms with Crippen molar-refractivity contribution in [1.29, 1.82) is 5.26 Å². The van der Waals surface area contributed by atoms with Crippen molar-refractivity contribution in [2.45, 2.75) is 26.0 Å². The van der Waals surface area contributed by atoms with E-state index in [-0.39, 0.29) is 6.10 Å². The largest absolute Gasteiger partial charge is 0.361 e. The van der Waals surface area contributed by atoms with Gasteiger partial charge in [-0.3, -0.25) is 4.90 Å². The lowest BCUT2D eigenvalue weighted by molar-refractivity contribution is -0.00269. The third kappa shape index (κ3) is 3.29. The van der Waals surface area contributed by atoms with Gasteiger partial charge in [-0.05, 0) is 17.5 Å². The predicted molar refractivity (Wildman–Crippen MR) is 66.5 cm³/mol. The van der Waals surface area contributed by atoms with Gasteiger partial charge < -0.3 is 4.74 Å². The zero-order valence-electron chi connectivity index (χ0n) is 10.2. The number of nitrogens with zero attached hydrogens (tertiary/aromatic N) is 2. The summed E-state index contributed by atoms with van der Waals surface area (Å²) in [5.41, 5.74) is 2.67. The van der Waals surface area contributed by atoms with Crippen molar-refractivity contribution >= 4 is 0 Å². The van der Waals surface area contributed by atoms with Crippen molar-refractivity contribution in [2.24, 2.45) is 0 Å². The molecule has 1 saturated heterocycles. The molecular weight excluding hydrogens is 212 g/mol. The normalized spacial score (nSPS) is 21.1. The molecule has 2 rings (SSSR count). The van der Waals surface area contributed by atoms with Crippen LogP contribution in [-0.4, -0.2) is 30.7 Å². The summed E-state index contributed by atoms with van der Waals surface area (Å²) >= 11 is 0. The Bertz CT molecular complexity index is 394. The van der Waals surface area contributed by atoms with Crippen LogP contribution in [0.2, 0.25) is 0 Å². The van der Waals surface area contributed by atoms with Gasteiger partial charge in [0.2, 0.25) is 0 Å². The van der Waals surface area contributed by atoms with Crippen LogP contribution in [0.5, 0.6) is 0 Å². The molecule has 0 spiro atoms. The lowest BCUT2D eigenvalue weighted by Gasteiger charge is -2.29. The Labute approximate surface area is 103 Å². The second kappa shape index (κ2) is 5.81. The van der Waals surface area contributed by atoms with Crippen molar-refractivity contribution in [1.82, 2.24) is 4.90 Å². The van der Waals surface area contributed by atoms with Gasteiger partial charge in [-0.2, -0.15) is 5.26 Å². The first kappa shape index (κ1) is 12.1. The first-order valence-corrected chi connectivity index (χ1v) is 6.13. The van der Waals surface area contributed by atoms with Gasteiger partial charge in [0, 0.05) is 19.6 Å². The number of nitriles is 1. The zero-order valence-corrected chi connectivity index (χ0v) is 10.2. The maximum Gasteiger partial charge on any atom is 0.156 e. The van der Waals surface area contributed by atoms with Crippen LogP contribution in [0.3, 0.4) is 0 Å². The predicted octanol–water partition coefficient (Wildman–Crippen LogP) is 1.97.